The molecule has 1 heterocycles. The number of carboxylic acids is 2. The number of benzene rings is 1. The van der Waals surface area contributed by atoms with Crippen LogP contribution >= 0.6 is 12.2 Å². The molecule has 0 saturated carbocycles. The lowest BCUT2D eigenvalue weighted by atomic mass is 10.0. The van der Waals surface area contributed by atoms with E-state index >= 15 is 0 Å². The molecule has 1 saturated heterocycles. The molecule has 0 amide bonds. The van der Waals surface area contributed by atoms with Crippen molar-refractivity contribution in [2.45, 2.75) is 38.6 Å². The molecule has 0 spiro atoms. The summed E-state index contributed by atoms with van der Waals surface area (Å²) in [6.45, 7) is 5.92. The summed E-state index contributed by atoms with van der Waals surface area (Å²) in [5, 5.41) is 28.9. The maximum absolute atomic E-state index is 11.2. The van der Waals surface area contributed by atoms with Crippen LogP contribution in [-0.4, -0.2) is 95.5 Å². The Morgan fingerprint density at radius 1 is 1.06 bits per heavy atom. The second-order valence-electron chi connectivity index (χ2n) is 8.41. The fraction of sp³-hybridized carbons (Fsp3) is 0.609. The minimum Gasteiger partial charge on any atom is -0.480 e. The summed E-state index contributed by atoms with van der Waals surface area (Å²) in [7, 11) is 0. The first-order valence-electron chi connectivity index (χ1n) is 11.6. The number of carbonyl (C=O) groups is 2. The van der Waals surface area contributed by atoms with Crippen molar-refractivity contribution in [2.24, 2.45) is 0 Å². The van der Waals surface area contributed by atoms with Crippen LogP contribution in [0.1, 0.15) is 31.7 Å². The first-order chi connectivity index (χ1) is 15.9. The largest absolute Gasteiger partial charge is 0.480 e. The van der Waals surface area contributed by atoms with E-state index in [1.807, 2.05) is 21.9 Å². The first kappa shape index (κ1) is 27.0. The zero-order valence-electron chi connectivity index (χ0n) is 19.4. The minimum absolute atomic E-state index is 0.0415. The van der Waals surface area contributed by atoms with Crippen LogP contribution in [0.4, 0.5) is 5.69 Å². The number of nitrogens with one attached hydrogen (secondary N) is 3. The minimum atomic E-state index is -0.873. The monoisotopic (exact) mass is 479 g/mol. The van der Waals surface area contributed by atoms with Gasteiger partial charge in [-0.3, -0.25) is 19.4 Å². The summed E-state index contributed by atoms with van der Waals surface area (Å²) in [4.78, 5) is 26.1. The SMILES string of the molecule is CCCCNC(=S)Nc1ccc(CC2CCN(CC(=O)O)CCN(CC(=O)O)CCN2)cc1. The van der Waals surface area contributed by atoms with E-state index in [1.54, 1.807) is 0 Å². The molecule has 33 heavy (non-hydrogen) atoms. The van der Waals surface area contributed by atoms with Gasteiger partial charge in [-0.25, -0.2) is 0 Å². The maximum atomic E-state index is 11.2. The predicted molar refractivity (Wildman–Crippen MR) is 134 cm³/mol. The Bertz CT molecular complexity index is 762. The molecule has 0 bridgehead atoms. The standard InChI is InChI=1S/C23H37N5O4S/c1-2-3-9-25-23(33)26-19-6-4-18(5-7-19)15-20-8-11-27(16-21(29)30)13-14-28(12-10-24-20)17-22(31)32/h4-7,20,24H,2-3,8-17H2,1H3,(H,29,30)(H,31,32)(H2,25,26,33). The van der Waals surface area contributed by atoms with E-state index in [0.29, 0.717) is 37.8 Å². The van der Waals surface area contributed by atoms with E-state index in [2.05, 4.69) is 35.0 Å². The zero-order chi connectivity index (χ0) is 24.1. The Morgan fingerprint density at radius 3 is 2.30 bits per heavy atom. The average molecular weight is 480 g/mol. The molecule has 0 aromatic heterocycles. The highest BCUT2D eigenvalue weighted by Gasteiger charge is 2.19. The number of anilines is 1. The van der Waals surface area contributed by atoms with Crippen LogP contribution in [0, 0.1) is 0 Å². The molecule has 0 radical (unpaired) electrons. The normalized spacial score (nSPS) is 18.4. The Kier molecular flexibility index (Phi) is 12.1. The smallest absolute Gasteiger partial charge is 0.317 e. The fourth-order valence-corrected chi connectivity index (χ4v) is 4.03. The van der Waals surface area contributed by atoms with Gasteiger partial charge in [0.15, 0.2) is 5.11 Å². The van der Waals surface area contributed by atoms with Crippen molar-refractivity contribution >= 4 is 35.0 Å². The van der Waals surface area contributed by atoms with Crippen molar-refractivity contribution in [3.05, 3.63) is 29.8 Å². The lowest BCUT2D eigenvalue weighted by molar-refractivity contribution is -0.140. The molecule has 1 unspecified atom stereocenters. The zero-order valence-corrected chi connectivity index (χ0v) is 20.2. The number of hydrogen-bond acceptors (Lipinski definition) is 6. The van der Waals surface area contributed by atoms with Gasteiger partial charge in [0.1, 0.15) is 0 Å². The number of carboxylic acid groups (broad SMARTS) is 2. The molecule has 1 aromatic carbocycles. The van der Waals surface area contributed by atoms with Gasteiger partial charge in [-0.15, -0.1) is 0 Å². The summed E-state index contributed by atoms with van der Waals surface area (Å²) in [5.41, 5.74) is 2.11. The topological polar surface area (TPSA) is 117 Å². The Labute approximate surface area is 201 Å². The number of unbranched alkanes of at least 4 members (excludes halogenated alkanes) is 1. The number of nitrogens with zero attached hydrogens (tertiary/aromatic N) is 2. The van der Waals surface area contributed by atoms with Gasteiger partial charge in [-0.05, 0) is 49.2 Å². The van der Waals surface area contributed by atoms with Crippen molar-refractivity contribution in [3.8, 4) is 0 Å². The third-order valence-electron chi connectivity index (χ3n) is 5.61. The quantitative estimate of drug-likeness (QED) is 0.249. The third kappa shape index (κ3) is 11.4. The number of thiocarbonyl (C=S) groups is 1. The second kappa shape index (κ2) is 14.8. The summed E-state index contributed by atoms with van der Waals surface area (Å²) >= 11 is 5.32. The van der Waals surface area contributed by atoms with E-state index in [4.69, 9.17) is 17.3 Å². The first-order valence-corrected chi connectivity index (χ1v) is 12.0. The van der Waals surface area contributed by atoms with Gasteiger partial charge in [0.05, 0.1) is 13.1 Å². The van der Waals surface area contributed by atoms with Gasteiger partial charge < -0.3 is 26.2 Å². The molecule has 1 aromatic rings. The molecule has 1 aliphatic rings. The number of aliphatic carboxylic acids is 2. The predicted octanol–water partition coefficient (Wildman–Crippen LogP) is 1.45. The van der Waals surface area contributed by atoms with Crippen LogP contribution < -0.4 is 16.0 Å². The van der Waals surface area contributed by atoms with Crippen LogP contribution in [0.15, 0.2) is 24.3 Å². The van der Waals surface area contributed by atoms with Crippen LogP contribution in [0.3, 0.4) is 0 Å². The molecule has 1 fully saturated rings. The fourth-order valence-electron chi connectivity index (χ4n) is 3.81. The summed E-state index contributed by atoms with van der Waals surface area (Å²) in [5.74, 6) is -1.74. The molecular formula is C23H37N5O4S. The highest BCUT2D eigenvalue weighted by Crippen LogP contribution is 2.13. The number of hydrogen-bond donors (Lipinski definition) is 5. The molecule has 1 atom stereocenters. The summed E-state index contributed by atoms with van der Waals surface area (Å²) < 4.78 is 0. The van der Waals surface area contributed by atoms with Crippen molar-refractivity contribution in [3.63, 3.8) is 0 Å². The number of rotatable bonds is 10. The summed E-state index contributed by atoms with van der Waals surface area (Å²) in [6.07, 6.45) is 3.81. The van der Waals surface area contributed by atoms with Crippen molar-refractivity contribution in [1.29, 1.82) is 0 Å². The van der Waals surface area contributed by atoms with Crippen LogP contribution in [0.5, 0.6) is 0 Å². The Balaban J connectivity index is 1.94. The molecule has 1 aliphatic heterocycles. The van der Waals surface area contributed by atoms with E-state index in [9.17, 15) is 14.7 Å². The molecular weight excluding hydrogens is 442 g/mol. The molecule has 184 valence electrons. The molecule has 0 aliphatic carbocycles. The van der Waals surface area contributed by atoms with Crippen molar-refractivity contribution < 1.29 is 19.8 Å². The van der Waals surface area contributed by atoms with Crippen LogP contribution in [-0.2, 0) is 16.0 Å². The van der Waals surface area contributed by atoms with E-state index in [-0.39, 0.29) is 19.1 Å². The highest BCUT2D eigenvalue weighted by molar-refractivity contribution is 7.80. The third-order valence-corrected chi connectivity index (χ3v) is 5.86. The lowest BCUT2D eigenvalue weighted by Crippen LogP contribution is -2.47. The molecule has 2 rings (SSSR count). The summed E-state index contributed by atoms with van der Waals surface area (Å²) in [6, 6.07) is 8.33. The van der Waals surface area contributed by atoms with Gasteiger partial charge >= 0.3 is 11.9 Å². The van der Waals surface area contributed by atoms with Crippen molar-refractivity contribution in [1.82, 2.24) is 20.4 Å². The van der Waals surface area contributed by atoms with Gasteiger partial charge in [0.25, 0.3) is 0 Å². The van der Waals surface area contributed by atoms with Gasteiger partial charge in [-0.1, -0.05) is 25.5 Å². The molecule has 5 N–H and O–H groups in total. The van der Waals surface area contributed by atoms with E-state index < -0.39 is 11.9 Å². The Morgan fingerprint density at radius 2 is 1.70 bits per heavy atom. The second-order valence-corrected chi connectivity index (χ2v) is 8.82. The maximum Gasteiger partial charge on any atom is 0.317 e. The van der Waals surface area contributed by atoms with E-state index in [0.717, 1.165) is 37.9 Å². The van der Waals surface area contributed by atoms with Gasteiger partial charge in [0, 0.05) is 51.0 Å². The van der Waals surface area contributed by atoms with E-state index in [1.165, 1.54) is 5.56 Å². The van der Waals surface area contributed by atoms with Gasteiger partial charge in [0.2, 0.25) is 0 Å². The van der Waals surface area contributed by atoms with Crippen LogP contribution in [0.2, 0.25) is 0 Å². The van der Waals surface area contributed by atoms with Gasteiger partial charge in [-0.2, -0.15) is 0 Å². The average Bonchev–Trinajstić information content (AvgIpc) is 2.75. The van der Waals surface area contributed by atoms with Crippen LogP contribution in [0.25, 0.3) is 0 Å². The van der Waals surface area contributed by atoms with Crippen molar-refractivity contribution in [2.75, 3.05) is 57.7 Å². The highest BCUT2D eigenvalue weighted by atomic mass is 32.1. The molecule has 9 nitrogen and oxygen atoms in total. The Hall–Kier alpha value is -2.27. The molecule has 10 heteroatoms. The lowest BCUT2D eigenvalue weighted by Gasteiger charge is -2.30.